The Morgan fingerprint density at radius 1 is 1.00 bits per heavy atom. The molecule has 11 nitrogen and oxygen atoms in total. The van der Waals surface area contributed by atoms with E-state index >= 15 is 0 Å². The van der Waals surface area contributed by atoms with Crippen LogP contribution in [0, 0.1) is 11.8 Å². The van der Waals surface area contributed by atoms with Crippen molar-refractivity contribution in [1.29, 1.82) is 0 Å². The van der Waals surface area contributed by atoms with Crippen molar-refractivity contribution < 1.29 is 37.1 Å². The van der Waals surface area contributed by atoms with Crippen LogP contribution in [0.2, 0.25) is 0 Å². The number of para-hydroxylation sites is 2. The van der Waals surface area contributed by atoms with Gasteiger partial charge in [0.05, 0.1) is 18.0 Å². The van der Waals surface area contributed by atoms with E-state index in [-0.39, 0.29) is 58.1 Å². The summed E-state index contributed by atoms with van der Waals surface area (Å²) in [6, 6.07) is 18.5. The van der Waals surface area contributed by atoms with E-state index in [0.717, 1.165) is 22.7 Å². The van der Waals surface area contributed by atoms with Gasteiger partial charge in [-0.25, -0.2) is 13.4 Å². The predicted octanol–water partition coefficient (Wildman–Crippen LogP) is 7.15. The number of nitrogens with zero attached hydrogens (tertiary/aromatic N) is 2. The number of aliphatic imine (C=N–C) groups is 1. The molecule has 0 bridgehead atoms. The summed E-state index contributed by atoms with van der Waals surface area (Å²) in [5.74, 6) is -5.63. The van der Waals surface area contributed by atoms with E-state index in [9.17, 15) is 27.6 Å². The Morgan fingerprint density at radius 2 is 1.66 bits per heavy atom. The second kappa shape index (κ2) is 14.9. The number of esters is 1. The molecule has 12 heteroatoms. The summed E-state index contributed by atoms with van der Waals surface area (Å²) < 4.78 is 41.5. The molecule has 2 aliphatic heterocycles. The lowest BCUT2D eigenvalue weighted by atomic mass is 9.76. The normalized spacial score (nSPS) is 18.5. The molecular weight excluding hydrogens is 695 g/mol. The molecule has 0 radical (unpaired) electrons. The van der Waals surface area contributed by atoms with E-state index < -0.39 is 45.1 Å². The number of carbonyl (C=O) groups is 4. The van der Waals surface area contributed by atoms with Crippen LogP contribution in [-0.4, -0.2) is 61.3 Å². The Bertz CT molecular complexity index is 2070. The zero-order valence-electron chi connectivity index (χ0n) is 31.7. The van der Waals surface area contributed by atoms with Crippen LogP contribution in [0.4, 0.5) is 11.4 Å². The zero-order chi connectivity index (χ0) is 38.9. The lowest BCUT2D eigenvalue weighted by Gasteiger charge is -2.34. The van der Waals surface area contributed by atoms with E-state index in [2.05, 4.69) is 64.0 Å². The van der Waals surface area contributed by atoms with Gasteiger partial charge in [0, 0.05) is 24.1 Å². The second-order valence-corrected chi connectivity index (χ2v) is 17.2. The molecule has 2 atom stereocenters. The SMILES string of the molecule is CCC(C)(C)c1ccc(OCCCN2C(C(C(=O)Nc3ccccc3C=O)C3C(=O)OC(C)(C)C3=O)=Nc3ccccc3S2(=O)=O)c(C(C)(C)CC)c1. The summed E-state index contributed by atoms with van der Waals surface area (Å²) in [4.78, 5) is 57.9. The third kappa shape index (κ3) is 7.65. The molecule has 5 rings (SSSR count). The summed E-state index contributed by atoms with van der Waals surface area (Å²) in [7, 11) is -4.35. The van der Waals surface area contributed by atoms with E-state index in [4.69, 9.17) is 9.47 Å². The fraction of sp³-hybridized carbons (Fsp3) is 0.439. The van der Waals surface area contributed by atoms with Crippen molar-refractivity contribution in [3.05, 3.63) is 83.4 Å². The first-order chi connectivity index (χ1) is 24.9. The maximum absolute atomic E-state index is 14.4. The fourth-order valence-corrected chi connectivity index (χ4v) is 8.15. The molecule has 1 N–H and O–H groups in total. The van der Waals surface area contributed by atoms with Gasteiger partial charge in [0.25, 0.3) is 10.0 Å². The highest BCUT2D eigenvalue weighted by Crippen LogP contribution is 2.41. The van der Waals surface area contributed by atoms with Crippen molar-refractivity contribution in [3.8, 4) is 5.75 Å². The van der Waals surface area contributed by atoms with Gasteiger partial charge < -0.3 is 14.8 Å². The Kier molecular flexibility index (Phi) is 11.1. The molecule has 53 heavy (non-hydrogen) atoms. The summed E-state index contributed by atoms with van der Waals surface area (Å²) in [6.45, 7) is 15.8. The standard InChI is InChI=1S/C41H49N3O8S/c1-9-39(3,4)27-20-21-31(28(24-27)40(5,6)10-2)51-23-15-22-44-36(42-30-18-13-14-19-32(30)53(44,49)50)34(33-35(46)41(7,8)52-38(33)48)37(47)43-29-17-12-11-16-26(29)25-45/h11-14,16-21,24-25,33-34H,9-10,15,22-23H2,1-8H3,(H,43,47). The Labute approximate surface area is 312 Å². The zero-order valence-corrected chi connectivity index (χ0v) is 32.5. The molecule has 2 heterocycles. The summed E-state index contributed by atoms with van der Waals surface area (Å²) in [5, 5.41) is 2.65. The van der Waals surface area contributed by atoms with Crippen molar-refractivity contribution >= 4 is 51.2 Å². The van der Waals surface area contributed by atoms with Gasteiger partial charge in [0.15, 0.2) is 17.7 Å². The van der Waals surface area contributed by atoms with Crippen LogP contribution in [-0.2, 0) is 40.0 Å². The molecule has 0 aliphatic carbocycles. The number of aldehydes is 1. The number of benzene rings is 3. The fourth-order valence-electron chi connectivity index (χ4n) is 6.51. The average molecular weight is 744 g/mol. The van der Waals surface area contributed by atoms with Crippen LogP contribution in [0.1, 0.15) is 96.1 Å². The van der Waals surface area contributed by atoms with Gasteiger partial charge in [-0.1, -0.05) is 77.9 Å². The number of hydrogen-bond acceptors (Lipinski definition) is 9. The number of sulfonamides is 1. The third-order valence-corrected chi connectivity index (χ3v) is 12.5. The smallest absolute Gasteiger partial charge is 0.318 e. The van der Waals surface area contributed by atoms with Crippen molar-refractivity contribution in [2.75, 3.05) is 18.5 Å². The molecule has 3 aromatic carbocycles. The van der Waals surface area contributed by atoms with E-state index in [1.54, 1.807) is 24.3 Å². The molecule has 1 saturated heterocycles. The number of Topliss-reactive ketones (excluding diaryl/α,β-unsaturated/α-hetero) is 1. The Hall–Kier alpha value is -4.84. The van der Waals surface area contributed by atoms with Gasteiger partial charge >= 0.3 is 5.97 Å². The molecule has 3 aromatic rings. The first-order valence-corrected chi connectivity index (χ1v) is 19.4. The minimum atomic E-state index is -4.35. The highest BCUT2D eigenvalue weighted by atomic mass is 32.2. The largest absolute Gasteiger partial charge is 0.493 e. The number of ether oxygens (including phenoxy) is 2. The van der Waals surface area contributed by atoms with Gasteiger partial charge in [-0.2, -0.15) is 0 Å². The van der Waals surface area contributed by atoms with Gasteiger partial charge in [0.2, 0.25) is 5.91 Å². The molecular formula is C41H49N3O8S. The van der Waals surface area contributed by atoms with Crippen LogP contribution < -0.4 is 10.1 Å². The topological polar surface area (TPSA) is 149 Å². The molecule has 1 amide bonds. The first-order valence-electron chi connectivity index (χ1n) is 18.0. The first kappa shape index (κ1) is 39.4. The van der Waals surface area contributed by atoms with Gasteiger partial charge in [-0.05, 0) is 73.4 Å². The monoisotopic (exact) mass is 743 g/mol. The molecule has 282 valence electrons. The van der Waals surface area contributed by atoms with Crippen molar-refractivity contribution in [3.63, 3.8) is 0 Å². The van der Waals surface area contributed by atoms with Gasteiger partial charge in [-0.3, -0.25) is 23.5 Å². The minimum Gasteiger partial charge on any atom is -0.493 e. The van der Waals surface area contributed by atoms with Crippen molar-refractivity contribution in [2.45, 2.75) is 96.0 Å². The third-order valence-electron chi connectivity index (χ3n) is 10.7. The molecule has 0 spiro atoms. The molecule has 0 aromatic heterocycles. The number of hydrogen-bond donors (Lipinski definition) is 1. The second-order valence-electron chi connectivity index (χ2n) is 15.3. The number of carbonyl (C=O) groups excluding carboxylic acids is 4. The molecule has 1 fully saturated rings. The molecule has 2 aliphatic rings. The van der Waals surface area contributed by atoms with Crippen LogP contribution in [0.25, 0.3) is 0 Å². The Balaban J connectivity index is 1.53. The number of anilines is 1. The lowest BCUT2D eigenvalue weighted by molar-refractivity contribution is -0.150. The number of amidine groups is 1. The number of ketones is 1. The predicted molar refractivity (Wildman–Crippen MR) is 203 cm³/mol. The maximum Gasteiger partial charge on any atom is 0.318 e. The van der Waals surface area contributed by atoms with Gasteiger partial charge in [0.1, 0.15) is 28.3 Å². The van der Waals surface area contributed by atoms with Crippen LogP contribution in [0.15, 0.2) is 76.6 Å². The maximum atomic E-state index is 14.4. The lowest BCUT2D eigenvalue weighted by Crippen LogP contribution is -2.51. The van der Waals surface area contributed by atoms with Gasteiger partial charge in [-0.15, -0.1) is 0 Å². The molecule has 2 unspecified atom stereocenters. The minimum absolute atomic E-state index is 0.0355. The van der Waals surface area contributed by atoms with E-state index in [0.29, 0.717) is 12.0 Å². The summed E-state index contributed by atoms with van der Waals surface area (Å²) >= 11 is 0. The van der Waals surface area contributed by atoms with Crippen molar-refractivity contribution in [1.82, 2.24) is 4.31 Å². The van der Waals surface area contributed by atoms with E-state index in [1.807, 2.05) is 6.07 Å². The summed E-state index contributed by atoms with van der Waals surface area (Å²) in [6.07, 6.45) is 2.55. The van der Waals surface area contributed by atoms with E-state index in [1.165, 1.54) is 43.7 Å². The highest BCUT2D eigenvalue weighted by Gasteiger charge is 2.57. The number of rotatable bonds is 14. The average Bonchev–Trinajstić information content (AvgIpc) is 3.32. The number of nitrogens with one attached hydrogen (secondary N) is 1. The van der Waals surface area contributed by atoms with Crippen LogP contribution >= 0.6 is 0 Å². The quantitative estimate of drug-likeness (QED) is 0.0792. The van der Waals surface area contributed by atoms with Crippen molar-refractivity contribution in [2.24, 2.45) is 16.8 Å². The number of fused-ring (bicyclic) bond motifs is 1. The summed E-state index contributed by atoms with van der Waals surface area (Å²) in [5.41, 5.74) is 0.766. The Morgan fingerprint density at radius 3 is 2.30 bits per heavy atom. The van der Waals surface area contributed by atoms with Crippen LogP contribution in [0.3, 0.4) is 0 Å². The van der Waals surface area contributed by atoms with Crippen LogP contribution in [0.5, 0.6) is 5.75 Å². The number of cyclic esters (lactones) is 1. The molecule has 0 saturated carbocycles. The highest BCUT2D eigenvalue weighted by molar-refractivity contribution is 7.90. The number of amides is 1.